The van der Waals surface area contributed by atoms with E-state index in [1.807, 2.05) is 6.92 Å². The highest BCUT2D eigenvalue weighted by Crippen LogP contribution is 2.36. The topological polar surface area (TPSA) is 139 Å². The summed E-state index contributed by atoms with van der Waals surface area (Å²) in [4.78, 5) is 25.3. The van der Waals surface area contributed by atoms with E-state index < -0.39 is 10.0 Å². The minimum atomic E-state index is -3.78. The SMILES string of the molecule is CCOc1ccc(S(=O)(=O)NCCCCCO)cc1-c1nc2c(C3CCCC3)nc(C)n2c(=O)[nH]1. The molecule has 3 N–H and O–H groups in total. The number of imidazole rings is 1. The second kappa shape index (κ2) is 10.9. The van der Waals surface area contributed by atoms with Gasteiger partial charge in [0, 0.05) is 19.1 Å². The van der Waals surface area contributed by atoms with Gasteiger partial charge < -0.3 is 9.84 Å². The number of hydrogen-bond acceptors (Lipinski definition) is 7. The van der Waals surface area contributed by atoms with Crippen molar-refractivity contribution in [2.75, 3.05) is 19.8 Å². The van der Waals surface area contributed by atoms with Crippen molar-refractivity contribution < 1.29 is 18.3 Å². The average Bonchev–Trinajstić information content (AvgIpc) is 3.47. The number of H-pyrrole nitrogens is 1. The van der Waals surface area contributed by atoms with Gasteiger partial charge in [0.1, 0.15) is 17.4 Å². The molecule has 4 rings (SSSR count). The van der Waals surface area contributed by atoms with E-state index in [-0.39, 0.29) is 35.5 Å². The monoisotopic (exact) mass is 503 g/mol. The van der Waals surface area contributed by atoms with Gasteiger partial charge in [-0.25, -0.2) is 32.3 Å². The molecule has 2 heterocycles. The summed E-state index contributed by atoms with van der Waals surface area (Å²) in [6.45, 7) is 4.34. The standard InChI is InChI=1S/C24H33N5O5S/c1-3-34-20-12-11-18(35(32,33)25-13-7-4-8-14-30)15-19(20)22-27-23-21(17-9-5-6-10-17)26-16(2)29(23)24(31)28-22/h11-12,15,17,25,30H,3-10,13-14H2,1-2H3,(H,27,28,31). The van der Waals surface area contributed by atoms with Crippen LogP contribution in [0.5, 0.6) is 5.75 Å². The van der Waals surface area contributed by atoms with E-state index in [2.05, 4.69) is 14.7 Å². The highest BCUT2D eigenvalue weighted by Gasteiger charge is 2.26. The Bertz CT molecular complexity index is 1340. The molecule has 1 aromatic carbocycles. The van der Waals surface area contributed by atoms with Gasteiger partial charge in [-0.3, -0.25) is 4.98 Å². The van der Waals surface area contributed by atoms with Crippen LogP contribution in [0.3, 0.4) is 0 Å². The predicted octanol–water partition coefficient (Wildman–Crippen LogP) is 2.89. The van der Waals surface area contributed by atoms with E-state index in [1.54, 1.807) is 13.0 Å². The predicted molar refractivity (Wildman–Crippen MR) is 132 cm³/mol. The highest BCUT2D eigenvalue weighted by atomic mass is 32.2. The molecule has 0 unspecified atom stereocenters. The first kappa shape index (κ1) is 25.3. The van der Waals surface area contributed by atoms with Crippen molar-refractivity contribution in [3.05, 3.63) is 40.2 Å². The van der Waals surface area contributed by atoms with Crippen LogP contribution in [-0.2, 0) is 10.0 Å². The zero-order valence-corrected chi connectivity index (χ0v) is 21.0. The fourth-order valence-electron chi connectivity index (χ4n) is 4.63. The second-order valence-electron chi connectivity index (χ2n) is 8.85. The zero-order chi connectivity index (χ0) is 25.0. The number of aliphatic hydroxyl groups excluding tert-OH is 1. The van der Waals surface area contributed by atoms with Crippen LogP contribution in [0.2, 0.25) is 0 Å². The largest absolute Gasteiger partial charge is 0.493 e. The van der Waals surface area contributed by atoms with E-state index in [9.17, 15) is 13.2 Å². The molecule has 0 amide bonds. The lowest BCUT2D eigenvalue weighted by atomic mass is 10.0. The van der Waals surface area contributed by atoms with Gasteiger partial charge >= 0.3 is 5.69 Å². The number of ether oxygens (including phenoxy) is 1. The number of aromatic amines is 1. The fourth-order valence-corrected chi connectivity index (χ4v) is 5.73. The first-order chi connectivity index (χ1) is 16.9. The van der Waals surface area contributed by atoms with Crippen LogP contribution in [0.15, 0.2) is 27.9 Å². The van der Waals surface area contributed by atoms with E-state index in [0.29, 0.717) is 42.2 Å². The summed E-state index contributed by atoms with van der Waals surface area (Å²) >= 11 is 0. The summed E-state index contributed by atoms with van der Waals surface area (Å²) < 4.78 is 35.7. The van der Waals surface area contributed by atoms with Crippen LogP contribution < -0.4 is 15.1 Å². The lowest BCUT2D eigenvalue weighted by Crippen LogP contribution is -2.25. The lowest BCUT2D eigenvalue weighted by Gasteiger charge is -2.13. The number of aryl methyl sites for hydroxylation is 1. The Morgan fingerprint density at radius 2 is 1.97 bits per heavy atom. The molecule has 35 heavy (non-hydrogen) atoms. The first-order valence-corrected chi connectivity index (χ1v) is 13.7. The third kappa shape index (κ3) is 5.41. The summed E-state index contributed by atoms with van der Waals surface area (Å²) in [5, 5.41) is 8.89. The minimum absolute atomic E-state index is 0.0568. The second-order valence-corrected chi connectivity index (χ2v) is 10.6. The number of hydrogen-bond donors (Lipinski definition) is 3. The van der Waals surface area contributed by atoms with Gasteiger partial charge in [0.05, 0.1) is 22.8 Å². The molecule has 1 aliphatic carbocycles. The number of rotatable bonds is 11. The fraction of sp³-hybridized carbons (Fsp3) is 0.542. The molecule has 1 saturated carbocycles. The van der Waals surface area contributed by atoms with Gasteiger partial charge in [-0.1, -0.05) is 12.8 Å². The number of aromatic nitrogens is 4. The molecule has 10 nitrogen and oxygen atoms in total. The normalized spacial score (nSPS) is 14.7. The molecule has 1 fully saturated rings. The number of aliphatic hydroxyl groups is 1. The Hall–Kier alpha value is -2.76. The van der Waals surface area contributed by atoms with Gasteiger partial charge in [0.2, 0.25) is 10.0 Å². The zero-order valence-electron chi connectivity index (χ0n) is 20.2. The van der Waals surface area contributed by atoms with E-state index >= 15 is 0 Å². The summed E-state index contributed by atoms with van der Waals surface area (Å²) in [6, 6.07) is 4.55. The number of fused-ring (bicyclic) bond motifs is 1. The van der Waals surface area contributed by atoms with Crippen LogP contribution in [0.25, 0.3) is 17.0 Å². The summed E-state index contributed by atoms with van der Waals surface area (Å²) in [6.07, 6.45) is 6.26. The Morgan fingerprint density at radius 1 is 1.20 bits per heavy atom. The molecule has 0 saturated heterocycles. The Morgan fingerprint density at radius 3 is 2.69 bits per heavy atom. The van der Waals surface area contributed by atoms with Crippen molar-refractivity contribution in [3.8, 4) is 17.1 Å². The summed E-state index contributed by atoms with van der Waals surface area (Å²) in [5.41, 5.74) is 1.34. The molecule has 0 bridgehead atoms. The molecule has 3 aromatic rings. The van der Waals surface area contributed by atoms with Gasteiger partial charge in [-0.2, -0.15) is 0 Å². The van der Waals surface area contributed by atoms with Gasteiger partial charge in [0.15, 0.2) is 5.65 Å². The first-order valence-electron chi connectivity index (χ1n) is 12.2. The van der Waals surface area contributed by atoms with Crippen LogP contribution in [0, 0.1) is 6.92 Å². The molecular weight excluding hydrogens is 470 g/mol. The molecule has 190 valence electrons. The maximum absolute atomic E-state index is 13.0. The Labute approximate surface area is 204 Å². The number of unbranched alkanes of at least 4 members (excludes halogenated alkanes) is 2. The smallest absolute Gasteiger partial charge is 0.334 e. The number of nitrogens with one attached hydrogen (secondary N) is 2. The highest BCUT2D eigenvalue weighted by molar-refractivity contribution is 7.89. The molecule has 2 aromatic heterocycles. The summed E-state index contributed by atoms with van der Waals surface area (Å²) in [5.74, 6) is 1.51. The Kier molecular flexibility index (Phi) is 7.88. The maximum atomic E-state index is 13.0. The third-order valence-electron chi connectivity index (χ3n) is 6.38. The molecule has 0 spiro atoms. The quantitative estimate of drug-likeness (QED) is 0.342. The third-order valence-corrected chi connectivity index (χ3v) is 7.84. The van der Waals surface area contributed by atoms with Gasteiger partial charge in [0.25, 0.3) is 0 Å². The van der Waals surface area contributed by atoms with E-state index in [0.717, 1.165) is 37.8 Å². The Balaban J connectivity index is 1.75. The van der Waals surface area contributed by atoms with Crippen molar-refractivity contribution in [3.63, 3.8) is 0 Å². The molecule has 1 aliphatic rings. The summed E-state index contributed by atoms with van der Waals surface area (Å²) in [7, 11) is -3.78. The van der Waals surface area contributed by atoms with Crippen LogP contribution in [-0.4, -0.2) is 52.6 Å². The lowest BCUT2D eigenvalue weighted by molar-refractivity contribution is 0.283. The molecule has 0 aliphatic heterocycles. The van der Waals surface area contributed by atoms with Crippen molar-refractivity contribution >= 4 is 15.7 Å². The number of benzene rings is 1. The van der Waals surface area contributed by atoms with Crippen LogP contribution in [0.1, 0.15) is 69.3 Å². The number of sulfonamides is 1. The molecule has 0 radical (unpaired) electrons. The van der Waals surface area contributed by atoms with E-state index in [4.69, 9.17) is 14.8 Å². The van der Waals surface area contributed by atoms with Crippen molar-refractivity contribution in [2.45, 2.75) is 69.6 Å². The van der Waals surface area contributed by atoms with E-state index in [1.165, 1.54) is 16.5 Å². The molecule has 11 heteroatoms. The average molecular weight is 504 g/mol. The van der Waals surface area contributed by atoms with Crippen molar-refractivity contribution in [2.24, 2.45) is 0 Å². The molecule has 0 atom stereocenters. The minimum Gasteiger partial charge on any atom is -0.493 e. The number of nitrogens with zero attached hydrogens (tertiary/aromatic N) is 3. The van der Waals surface area contributed by atoms with Crippen molar-refractivity contribution in [1.29, 1.82) is 0 Å². The molecular formula is C24H33N5O5S. The maximum Gasteiger partial charge on any atom is 0.334 e. The van der Waals surface area contributed by atoms with Crippen molar-refractivity contribution in [1.82, 2.24) is 24.1 Å². The van der Waals surface area contributed by atoms with Crippen LogP contribution >= 0.6 is 0 Å². The van der Waals surface area contributed by atoms with Crippen LogP contribution in [0.4, 0.5) is 0 Å². The van der Waals surface area contributed by atoms with Gasteiger partial charge in [-0.05, 0) is 64.2 Å². The van der Waals surface area contributed by atoms with Gasteiger partial charge in [-0.15, -0.1) is 0 Å².